The van der Waals surface area contributed by atoms with Gasteiger partial charge in [-0.3, -0.25) is 9.69 Å². The van der Waals surface area contributed by atoms with Gasteiger partial charge in [0.25, 0.3) is 10.0 Å². The molecule has 34 heavy (non-hydrogen) atoms. The molecule has 0 radical (unpaired) electrons. The minimum absolute atomic E-state index is 0.00948. The molecule has 0 saturated carbocycles. The van der Waals surface area contributed by atoms with Gasteiger partial charge in [-0.15, -0.1) is 0 Å². The normalized spacial score (nSPS) is 21.6. The van der Waals surface area contributed by atoms with E-state index >= 15 is 0 Å². The summed E-state index contributed by atoms with van der Waals surface area (Å²) >= 11 is 0. The maximum absolute atomic E-state index is 13.5. The zero-order chi connectivity index (χ0) is 24.3. The number of fused-ring (bicyclic) bond motifs is 1. The van der Waals surface area contributed by atoms with Gasteiger partial charge in [0, 0.05) is 37.1 Å². The Kier molecular flexibility index (Phi) is 7.40. The molecule has 182 valence electrons. The molecule has 1 saturated heterocycles. The van der Waals surface area contributed by atoms with E-state index in [-0.39, 0.29) is 29.4 Å². The average molecular weight is 485 g/mol. The van der Waals surface area contributed by atoms with Crippen molar-refractivity contribution < 1.29 is 23.1 Å². The number of hydrogen-bond acceptors (Lipinski definition) is 6. The van der Waals surface area contributed by atoms with E-state index in [1.165, 1.54) is 11.1 Å². The van der Waals surface area contributed by atoms with Crippen molar-refractivity contribution in [3.8, 4) is 0 Å². The summed E-state index contributed by atoms with van der Waals surface area (Å²) in [7, 11) is -2.38. The monoisotopic (exact) mass is 484 g/mol. The summed E-state index contributed by atoms with van der Waals surface area (Å²) in [5.74, 6) is 0.181. The predicted octanol–water partition coefficient (Wildman–Crippen LogP) is 3.82. The van der Waals surface area contributed by atoms with Crippen molar-refractivity contribution in [1.29, 1.82) is 0 Å². The first-order valence-corrected chi connectivity index (χ1v) is 13.2. The zero-order valence-corrected chi connectivity index (χ0v) is 20.4. The van der Waals surface area contributed by atoms with Gasteiger partial charge >= 0.3 is 5.97 Å². The molecule has 1 aliphatic rings. The summed E-state index contributed by atoms with van der Waals surface area (Å²) in [6, 6.07) is 15.8. The van der Waals surface area contributed by atoms with Crippen molar-refractivity contribution in [1.82, 2.24) is 8.87 Å². The number of carbonyl (C=O) groups is 1. The first-order valence-electron chi connectivity index (χ1n) is 11.7. The molecule has 1 aliphatic heterocycles. The van der Waals surface area contributed by atoms with Gasteiger partial charge in [0.15, 0.2) is 0 Å². The third-order valence-electron chi connectivity index (χ3n) is 7.04. The Balaban J connectivity index is 1.82. The molecule has 7 nitrogen and oxygen atoms in total. The number of rotatable bonds is 8. The Morgan fingerprint density at radius 1 is 1.09 bits per heavy atom. The van der Waals surface area contributed by atoms with Crippen molar-refractivity contribution in [2.45, 2.75) is 37.1 Å². The molecule has 3 atom stereocenters. The topological polar surface area (TPSA) is 88.8 Å². The van der Waals surface area contributed by atoms with Crippen LogP contribution in [0.15, 0.2) is 65.7 Å². The van der Waals surface area contributed by atoms with Crippen LogP contribution >= 0.6 is 0 Å². The molecular formula is C26H32N2O5S. The van der Waals surface area contributed by atoms with Crippen LogP contribution in [0.1, 0.15) is 37.8 Å². The van der Waals surface area contributed by atoms with Gasteiger partial charge in [0.1, 0.15) is 0 Å². The van der Waals surface area contributed by atoms with E-state index in [0.29, 0.717) is 30.8 Å². The van der Waals surface area contributed by atoms with Crippen LogP contribution in [0.4, 0.5) is 0 Å². The lowest BCUT2D eigenvalue weighted by atomic mass is 9.77. The molecule has 8 heteroatoms. The summed E-state index contributed by atoms with van der Waals surface area (Å²) in [5, 5.41) is 10.6. The largest absolute Gasteiger partial charge is 0.469 e. The van der Waals surface area contributed by atoms with Crippen LogP contribution in [0.5, 0.6) is 0 Å². The van der Waals surface area contributed by atoms with E-state index < -0.39 is 10.0 Å². The van der Waals surface area contributed by atoms with E-state index in [9.17, 15) is 18.3 Å². The molecule has 1 aromatic heterocycles. The van der Waals surface area contributed by atoms with Gasteiger partial charge in [-0.05, 0) is 42.0 Å². The number of likely N-dealkylation sites (tertiary alicyclic amines) is 1. The molecule has 1 N–H and O–H groups in total. The Morgan fingerprint density at radius 3 is 2.47 bits per heavy atom. The lowest BCUT2D eigenvalue weighted by Gasteiger charge is -2.43. The predicted molar refractivity (Wildman–Crippen MR) is 131 cm³/mol. The Hall–Kier alpha value is -2.68. The van der Waals surface area contributed by atoms with Crippen molar-refractivity contribution >= 4 is 26.9 Å². The van der Waals surface area contributed by atoms with Crippen LogP contribution in [-0.2, 0) is 19.6 Å². The second-order valence-corrected chi connectivity index (χ2v) is 10.7. The molecule has 0 aliphatic carbocycles. The number of nitrogens with zero attached hydrogens (tertiary/aromatic N) is 2. The smallest absolute Gasteiger partial charge is 0.305 e. The van der Waals surface area contributed by atoms with Gasteiger partial charge in [0.2, 0.25) is 0 Å². The number of para-hydroxylation sites is 1. The number of carbonyl (C=O) groups excluding carboxylic acids is 1. The minimum Gasteiger partial charge on any atom is -0.469 e. The Bertz CT molecular complexity index is 1240. The number of piperidine rings is 1. The van der Waals surface area contributed by atoms with Gasteiger partial charge < -0.3 is 9.84 Å². The van der Waals surface area contributed by atoms with Crippen LogP contribution in [0, 0.1) is 11.8 Å². The number of β-amino-alcohol motifs (C(OH)–C–C–N with tert-alkyl or cyclic N) is 1. The van der Waals surface area contributed by atoms with Crippen molar-refractivity contribution in [3.63, 3.8) is 0 Å². The molecule has 2 heterocycles. The van der Waals surface area contributed by atoms with Crippen molar-refractivity contribution in [2.24, 2.45) is 11.8 Å². The van der Waals surface area contributed by atoms with E-state index in [1.807, 2.05) is 24.3 Å². The highest BCUT2D eigenvalue weighted by Gasteiger charge is 2.38. The molecule has 2 aromatic carbocycles. The van der Waals surface area contributed by atoms with Crippen LogP contribution < -0.4 is 0 Å². The molecular weight excluding hydrogens is 452 g/mol. The number of aliphatic hydroxyl groups is 1. The number of esters is 1. The first kappa shape index (κ1) is 24.4. The van der Waals surface area contributed by atoms with E-state index in [2.05, 4.69) is 11.8 Å². The third-order valence-corrected chi connectivity index (χ3v) is 8.73. The fourth-order valence-corrected chi connectivity index (χ4v) is 6.66. The van der Waals surface area contributed by atoms with E-state index in [0.717, 1.165) is 23.9 Å². The van der Waals surface area contributed by atoms with Gasteiger partial charge in [-0.2, -0.15) is 0 Å². The second-order valence-electron chi connectivity index (χ2n) is 8.89. The second kappa shape index (κ2) is 10.3. The molecule has 0 bridgehead atoms. The Labute approximate surface area is 201 Å². The maximum Gasteiger partial charge on any atom is 0.305 e. The van der Waals surface area contributed by atoms with Crippen LogP contribution in [0.25, 0.3) is 10.9 Å². The minimum atomic E-state index is -3.79. The average Bonchev–Trinajstić information content (AvgIpc) is 3.25. The molecule has 0 spiro atoms. The standard InChI is InChI=1S/C26H32N2O5S/c1-3-19-17-27(13-14-29)25(15-20(19)16-26(30)33-2)23-18-28(24-12-8-7-11-22(23)24)34(31,32)21-9-5-4-6-10-21/h4-12,18-20,25,29H,3,13-17H2,1-2H3/t19-,20-,25+/m1/s1. The zero-order valence-electron chi connectivity index (χ0n) is 19.6. The van der Waals surface area contributed by atoms with Gasteiger partial charge in [0.05, 0.1) is 24.1 Å². The lowest BCUT2D eigenvalue weighted by molar-refractivity contribution is -0.143. The number of aliphatic hydroxyl groups excluding tert-OH is 1. The third kappa shape index (κ3) is 4.62. The summed E-state index contributed by atoms with van der Waals surface area (Å²) in [6.07, 6.45) is 3.66. The highest BCUT2D eigenvalue weighted by molar-refractivity contribution is 7.90. The summed E-state index contributed by atoms with van der Waals surface area (Å²) < 4.78 is 33.4. The highest BCUT2D eigenvalue weighted by atomic mass is 32.2. The van der Waals surface area contributed by atoms with Crippen molar-refractivity contribution in [3.05, 3.63) is 66.4 Å². The number of aromatic nitrogens is 1. The Morgan fingerprint density at radius 2 is 1.79 bits per heavy atom. The first-order chi connectivity index (χ1) is 16.4. The van der Waals surface area contributed by atoms with Gasteiger partial charge in [-0.1, -0.05) is 49.7 Å². The van der Waals surface area contributed by atoms with Crippen molar-refractivity contribution in [2.75, 3.05) is 26.8 Å². The maximum atomic E-state index is 13.5. The molecule has 0 amide bonds. The summed E-state index contributed by atoms with van der Waals surface area (Å²) in [4.78, 5) is 14.6. The molecule has 3 aromatic rings. The summed E-state index contributed by atoms with van der Waals surface area (Å²) in [5.41, 5.74) is 1.51. The number of methoxy groups -OCH3 is 1. The number of benzene rings is 2. The van der Waals surface area contributed by atoms with Crippen LogP contribution in [0.3, 0.4) is 0 Å². The fourth-order valence-electron chi connectivity index (χ4n) is 5.26. The van der Waals surface area contributed by atoms with Crippen LogP contribution in [0.2, 0.25) is 0 Å². The number of ether oxygens (including phenoxy) is 1. The molecule has 0 unspecified atom stereocenters. The quantitative estimate of drug-likeness (QED) is 0.489. The van der Waals surface area contributed by atoms with Gasteiger partial charge in [-0.25, -0.2) is 12.4 Å². The molecule has 4 rings (SSSR count). The van der Waals surface area contributed by atoms with E-state index in [1.54, 1.807) is 36.5 Å². The lowest BCUT2D eigenvalue weighted by Crippen LogP contribution is -2.44. The van der Waals surface area contributed by atoms with E-state index in [4.69, 9.17) is 4.74 Å². The number of hydrogen-bond donors (Lipinski definition) is 1. The van der Waals surface area contributed by atoms with Crippen LogP contribution in [-0.4, -0.2) is 55.2 Å². The summed E-state index contributed by atoms with van der Waals surface area (Å²) in [6.45, 7) is 3.34. The highest BCUT2D eigenvalue weighted by Crippen LogP contribution is 2.43. The fraction of sp³-hybridized carbons (Fsp3) is 0.423. The SMILES string of the molecule is CC[C@@H]1CN(CCO)[C@H](c2cn(S(=O)(=O)c3ccccc3)c3ccccc23)C[C@@H]1CC(=O)OC. The molecule has 1 fully saturated rings.